The first-order valence-electron chi connectivity index (χ1n) is 3.04. The van der Waals surface area contributed by atoms with Crippen molar-refractivity contribution in [2.24, 2.45) is 11.7 Å². The molecule has 11 heavy (non-hydrogen) atoms. The van der Waals surface area contributed by atoms with Crippen molar-refractivity contribution in [2.45, 2.75) is 0 Å². The lowest BCUT2D eigenvalue weighted by Crippen LogP contribution is -2.09. The normalized spacial score (nSPS) is 9.27. The van der Waals surface area contributed by atoms with Crippen LogP contribution in [0.15, 0.2) is 18.2 Å². The van der Waals surface area contributed by atoms with Gasteiger partial charge in [-0.25, -0.2) is 0 Å². The van der Waals surface area contributed by atoms with Crippen molar-refractivity contribution < 1.29 is 5.11 Å². The molecule has 0 heterocycles. The molecular formula is C6H10N4O. The fraction of sp³-hybridized carbons (Fsp3) is 0. The van der Waals surface area contributed by atoms with E-state index >= 15 is 0 Å². The molecular weight excluding hydrogens is 144 g/mol. The summed E-state index contributed by atoms with van der Waals surface area (Å²) < 4.78 is 0. The third-order valence-electron chi connectivity index (χ3n) is 1.32. The highest BCUT2D eigenvalue weighted by Gasteiger charge is 1.98. The minimum atomic E-state index is 0.0583. The van der Waals surface area contributed by atoms with Crippen LogP contribution in [0.1, 0.15) is 0 Å². The molecule has 5 heteroatoms. The van der Waals surface area contributed by atoms with Gasteiger partial charge in [0.25, 0.3) is 0 Å². The summed E-state index contributed by atoms with van der Waals surface area (Å²) in [6, 6.07) is 4.77. The van der Waals surface area contributed by atoms with Crippen molar-refractivity contribution in [1.29, 1.82) is 0 Å². The zero-order chi connectivity index (χ0) is 8.27. The van der Waals surface area contributed by atoms with E-state index in [1.165, 1.54) is 6.07 Å². The molecule has 1 rings (SSSR count). The number of nitrogens with one attached hydrogen (secondary N) is 2. The number of phenols is 1. The highest BCUT2D eigenvalue weighted by Crippen LogP contribution is 2.24. The summed E-state index contributed by atoms with van der Waals surface area (Å²) >= 11 is 0. The van der Waals surface area contributed by atoms with E-state index in [9.17, 15) is 5.11 Å². The van der Waals surface area contributed by atoms with Gasteiger partial charge in [0.05, 0.1) is 11.4 Å². The molecule has 0 saturated heterocycles. The molecule has 60 valence electrons. The Balaban J connectivity index is 2.99. The number of hydrogen-bond acceptors (Lipinski definition) is 5. The number of nitrogen functional groups attached to an aromatic ring is 2. The highest BCUT2D eigenvalue weighted by molar-refractivity contribution is 5.62. The molecule has 0 atom stereocenters. The molecule has 0 radical (unpaired) electrons. The maximum Gasteiger partial charge on any atom is 0.142 e. The van der Waals surface area contributed by atoms with Gasteiger partial charge in [0.2, 0.25) is 0 Å². The fourth-order valence-electron chi connectivity index (χ4n) is 0.743. The summed E-state index contributed by atoms with van der Waals surface area (Å²) in [5.74, 6) is 10.2. The Morgan fingerprint density at radius 1 is 1.18 bits per heavy atom. The highest BCUT2D eigenvalue weighted by atomic mass is 16.3. The largest absolute Gasteiger partial charge is 0.506 e. The van der Waals surface area contributed by atoms with E-state index in [4.69, 9.17) is 11.7 Å². The quantitative estimate of drug-likeness (QED) is 0.234. The Bertz CT molecular complexity index is 250. The molecule has 1 aromatic carbocycles. The monoisotopic (exact) mass is 154 g/mol. The van der Waals surface area contributed by atoms with Crippen LogP contribution in [0.5, 0.6) is 5.75 Å². The van der Waals surface area contributed by atoms with Crippen LogP contribution in [0.2, 0.25) is 0 Å². The number of nitrogens with two attached hydrogens (primary N) is 2. The average Bonchev–Trinajstić information content (AvgIpc) is 2.04. The number of aromatic hydroxyl groups is 1. The molecule has 1 aromatic rings. The number of rotatable bonds is 2. The van der Waals surface area contributed by atoms with Crippen LogP contribution in [0, 0.1) is 0 Å². The third kappa shape index (κ3) is 1.51. The van der Waals surface area contributed by atoms with Crippen LogP contribution in [-0.2, 0) is 0 Å². The molecule has 0 fully saturated rings. The van der Waals surface area contributed by atoms with E-state index in [-0.39, 0.29) is 5.75 Å². The molecule has 0 aromatic heterocycles. The van der Waals surface area contributed by atoms with Gasteiger partial charge in [-0.3, -0.25) is 11.7 Å². The van der Waals surface area contributed by atoms with Crippen LogP contribution in [0.25, 0.3) is 0 Å². The Labute approximate surface area is 63.9 Å². The summed E-state index contributed by atoms with van der Waals surface area (Å²) in [5.41, 5.74) is 5.81. The number of phenolic OH excluding ortho intramolecular Hbond substituents is 1. The van der Waals surface area contributed by atoms with E-state index in [1.807, 2.05) is 0 Å². The molecule has 0 bridgehead atoms. The van der Waals surface area contributed by atoms with Gasteiger partial charge in [-0.05, 0) is 12.1 Å². The molecule has 5 nitrogen and oxygen atoms in total. The molecule has 0 spiro atoms. The number of benzene rings is 1. The van der Waals surface area contributed by atoms with Gasteiger partial charge in [0.15, 0.2) is 0 Å². The van der Waals surface area contributed by atoms with Gasteiger partial charge >= 0.3 is 0 Å². The van der Waals surface area contributed by atoms with Crippen LogP contribution >= 0.6 is 0 Å². The average molecular weight is 154 g/mol. The van der Waals surface area contributed by atoms with Gasteiger partial charge in [-0.15, -0.1) is 0 Å². The maximum atomic E-state index is 9.18. The van der Waals surface area contributed by atoms with Crippen molar-refractivity contribution in [3.8, 4) is 5.75 Å². The summed E-state index contributed by atoms with van der Waals surface area (Å²) in [6.07, 6.45) is 0. The Morgan fingerprint density at radius 2 is 1.91 bits per heavy atom. The standard InChI is InChI=1S/C6H10N4O/c7-9-4-1-2-5(10-8)6(11)3-4/h1-3,9-11H,7-8H2. The second-order valence-corrected chi connectivity index (χ2v) is 2.02. The van der Waals surface area contributed by atoms with Gasteiger partial charge < -0.3 is 16.0 Å². The summed E-state index contributed by atoms with van der Waals surface area (Å²) in [5, 5.41) is 9.18. The van der Waals surface area contributed by atoms with Crippen molar-refractivity contribution in [1.82, 2.24) is 0 Å². The van der Waals surface area contributed by atoms with E-state index in [0.717, 1.165) is 0 Å². The maximum absolute atomic E-state index is 9.18. The fourth-order valence-corrected chi connectivity index (χ4v) is 0.743. The number of hydrazine groups is 2. The predicted octanol–water partition coefficient (Wildman–Crippen LogP) is -0.0366. The summed E-state index contributed by atoms with van der Waals surface area (Å²) in [4.78, 5) is 0. The first-order chi connectivity index (χ1) is 5.27. The smallest absolute Gasteiger partial charge is 0.142 e. The number of anilines is 2. The van der Waals surface area contributed by atoms with Gasteiger partial charge in [0, 0.05) is 6.07 Å². The SMILES string of the molecule is NNc1ccc(NN)c(O)c1. The predicted molar refractivity (Wildman–Crippen MR) is 43.7 cm³/mol. The number of hydrogen-bond donors (Lipinski definition) is 5. The Morgan fingerprint density at radius 3 is 2.36 bits per heavy atom. The second kappa shape index (κ2) is 3.09. The van der Waals surface area contributed by atoms with Crippen LogP contribution < -0.4 is 22.5 Å². The van der Waals surface area contributed by atoms with Crippen LogP contribution in [0.4, 0.5) is 11.4 Å². The zero-order valence-electron chi connectivity index (χ0n) is 5.83. The van der Waals surface area contributed by atoms with E-state index in [0.29, 0.717) is 11.4 Å². The molecule has 7 N–H and O–H groups in total. The zero-order valence-corrected chi connectivity index (χ0v) is 5.83. The second-order valence-electron chi connectivity index (χ2n) is 2.02. The van der Waals surface area contributed by atoms with Crippen molar-refractivity contribution in [3.63, 3.8) is 0 Å². The third-order valence-corrected chi connectivity index (χ3v) is 1.32. The van der Waals surface area contributed by atoms with Crippen molar-refractivity contribution >= 4 is 11.4 Å². The molecule has 0 unspecified atom stereocenters. The van der Waals surface area contributed by atoms with Crippen LogP contribution in [0.3, 0.4) is 0 Å². The summed E-state index contributed by atoms with van der Waals surface area (Å²) in [7, 11) is 0. The molecule has 0 aliphatic rings. The molecule has 0 saturated carbocycles. The lowest BCUT2D eigenvalue weighted by Gasteiger charge is -2.04. The van der Waals surface area contributed by atoms with E-state index in [1.54, 1.807) is 12.1 Å². The van der Waals surface area contributed by atoms with Crippen LogP contribution in [-0.4, -0.2) is 5.11 Å². The van der Waals surface area contributed by atoms with Crippen molar-refractivity contribution in [2.75, 3.05) is 10.9 Å². The molecule has 0 amide bonds. The minimum Gasteiger partial charge on any atom is -0.506 e. The van der Waals surface area contributed by atoms with E-state index in [2.05, 4.69) is 10.9 Å². The van der Waals surface area contributed by atoms with Gasteiger partial charge in [-0.2, -0.15) is 0 Å². The lowest BCUT2D eigenvalue weighted by molar-refractivity contribution is 0.477. The van der Waals surface area contributed by atoms with E-state index < -0.39 is 0 Å². The Kier molecular flexibility index (Phi) is 2.15. The van der Waals surface area contributed by atoms with Gasteiger partial charge in [0.1, 0.15) is 5.75 Å². The van der Waals surface area contributed by atoms with Gasteiger partial charge in [-0.1, -0.05) is 0 Å². The first-order valence-corrected chi connectivity index (χ1v) is 3.04. The first kappa shape index (κ1) is 7.64. The molecule has 0 aliphatic heterocycles. The topological polar surface area (TPSA) is 96.3 Å². The molecule has 0 aliphatic carbocycles. The lowest BCUT2D eigenvalue weighted by atomic mass is 10.2. The van der Waals surface area contributed by atoms with Crippen molar-refractivity contribution in [3.05, 3.63) is 18.2 Å². The Hall–Kier alpha value is -1.46. The minimum absolute atomic E-state index is 0.0583. The summed E-state index contributed by atoms with van der Waals surface area (Å²) in [6.45, 7) is 0.